The van der Waals surface area contributed by atoms with Gasteiger partial charge in [-0.2, -0.15) is 13.2 Å². The van der Waals surface area contributed by atoms with Crippen molar-refractivity contribution in [2.24, 2.45) is 0 Å². The van der Waals surface area contributed by atoms with Crippen LogP contribution in [0.1, 0.15) is 11.1 Å². The van der Waals surface area contributed by atoms with Crippen LogP contribution >= 0.6 is 27.7 Å². The second-order valence-electron chi connectivity index (χ2n) is 4.87. The Bertz CT molecular complexity index is 834. The molecule has 1 aromatic heterocycles. The Morgan fingerprint density at radius 2 is 1.79 bits per heavy atom. The molecule has 0 bridgehead atoms. The van der Waals surface area contributed by atoms with E-state index in [-0.39, 0.29) is 0 Å². The van der Waals surface area contributed by atoms with E-state index >= 15 is 0 Å². The van der Waals surface area contributed by atoms with Crippen LogP contribution in [0.15, 0.2) is 62.6 Å². The van der Waals surface area contributed by atoms with Gasteiger partial charge in [0.25, 0.3) is 5.22 Å². The van der Waals surface area contributed by atoms with Gasteiger partial charge in [0, 0.05) is 15.8 Å². The summed E-state index contributed by atoms with van der Waals surface area (Å²) in [5.41, 5.74) is 0.650. The lowest BCUT2D eigenvalue weighted by Crippen LogP contribution is -2.04. The molecule has 0 aliphatic rings. The zero-order valence-corrected chi connectivity index (χ0v) is 14.5. The van der Waals surface area contributed by atoms with Crippen LogP contribution < -0.4 is 0 Å². The molecular formula is C16H10BrF3N2OS. The lowest BCUT2D eigenvalue weighted by molar-refractivity contribution is -0.137. The lowest BCUT2D eigenvalue weighted by Gasteiger charge is -2.07. The number of hydrogen-bond acceptors (Lipinski definition) is 4. The number of benzene rings is 2. The minimum absolute atomic E-state index is 0.310. The van der Waals surface area contributed by atoms with E-state index in [0.29, 0.717) is 22.4 Å². The number of alkyl halides is 3. The Kier molecular flexibility index (Phi) is 4.96. The smallest absolute Gasteiger partial charge is 0.411 e. The topological polar surface area (TPSA) is 38.9 Å². The molecule has 0 spiro atoms. The zero-order chi connectivity index (χ0) is 17.2. The van der Waals surface area contributed by atoms with Crippen LogP contribution in [-0.2, 0) is 11.9 Å². The number of rotatable bonds is 4. The molecule has 3 aromatic rings. The van der Waals surface area contributed by atoms with E-state index in [9.17, 15) is 13.2 Å². The highest BCUT2D eigenvalue weighted by molar-refractivity contribution is 9.10. The summed E-state index contributed by atoms with van der Waals surface area (Å²) in [5.74, 6) is 0.681. The summed E-state index contributed by atoms with van der Waals surface area (Å²) >= 11 is 4.54. The number of hydrogen-bond donors (Lipinski definition) is 0. The van der Waals surface area contributed by atoms with E-state index in [1.54, 1.807) is 6.07 Å². The van der Waals surface area contributed by atoms with E-state index in [1.165, 1.54) is 17.8 Å². The maximum absolute atomic E-state index is 12.7. The van der Waals surface area contributed by atoms with Crippen molar-refractivity contribution in [1.82, 2.24) is 10.2 Å². The predicted octanol–water partition coefficient (Wildman–Crippen LogP) is 5.81. The van der Waals surface area contributed by atoms with Gasteiger partial charge in [-0.1, -0.05) is 45.9 Å². The fourth-order valence-corrected chi connectivity index (χ4v) is 2.93. The maximum Gasteiger partial charge on any atom is 0.416 e. The van der Waals surface area contributed by atoms with Gasteiger partial charge in [0.05, 0.1) is 5.56 Å². The van der Waals surface area contributed by atoms with Crippen LogP contribution in [0.25, 0.3) is 11.5 Å². The molecule has 0 radical (unpaired) electrons. The second kappa shape index (κ2) is 6.98. The molecule has 124 valence electrons. The summed E-state index contributed by atoms with van der Waals surface area (Å²) < 4.78 is 44.6. The molecule has 0 fully saturated rings. The molecule has 0 saturated carbocycles. The molecule has 0 unspecified atom stereocenters. The minimum Gasteiger partial charge on any atom is -0.411 e. The fraction of sp³-hybridized carbons (Fsp3) is 0.125. The molecule has 0 N–H and O–H groups in total. The van der Waals surface area contributed by atoms with Crippen molar-refractivity contribution < 1.29 is 17.6 Å². The van der Waals surface area contributed by atoms with Gasteiger partial charge in [-0.15, -0.1) is 10.2 Å². The van der Waals surface area contributed by atoms with Crippen molar-refractivity contribution in [3.05, 3.63) is 64.1 Å². The molecule has 0 atom stereocenters. The highest BCUT2D eigenvalue weighted by atomic mass is 79.9. The molecule has 0 saturated heterocycles. The Labute approximate surface area is 148 Å². The number of aromatic nitrogens is 2. The summed E-state index contributed by atoms with van der Waals surface area (Å²) in [5, 5.41) is 8.18. The predicted molar refractivity (Wildman–Crippen MR) is 88.4 cm³/mol. The van der Waals surface area contributed by atoms with Crippen molar-refractivity contribution in [2.75, 3.05) is 0 Å². The van der Waals surface area contributed by atoms with E-state index in [2.05, 4.69) is 26.1 Å². The molecule has 0 amide bonds. The summed E-state index contributed by atoms with van der Waals surface area (Å²) in [6.45, 7) is 0. The third-order valence-electron chi connectivity index (χ3n) is 3.11. The molecule has 1 heterocycles. The van der Waals surface area contributed by atoms with Crippen LogP contribution in [0.5, 0.6) is 0 Å². The Balaban J connectivity index is 1.69. The molecule has 0 aliphatic heterocycles. The third kappa shape index (κ3) is 4.18. The van der Waals surface area contributed by atoms with Gasteiger partial charge >= 0.3 is 6.18 Å². The quantitative estimate of drug-likeness (QED) is 0.504. The monoisotopic (exact) mass is 414 g/mol. The van der Waals surface area contributed by atoms with Crippen LogP contribution in [0.3, 0.4) is 0 Å². The number of nitrogens with zero attached hydrogens (tertiary/aromatic N) is 2. The van der Waals surface area contributed by atoms with E-state index in [4.69, 9.17) is 4.42 Å². The second-order valence-corrected chi connectivity index (χ2v) is 6.71. The normalized spacial score (nSPS) is 11.7. The standard InChI is InChI=1S/C16H10BrF3N2OS/c17-13-6-4-11(5-7-13)14-21-22-15(23-14)24-9-10-2-1-3-12(8-10)16(18,19)20/h1-8H,9H2. The average molecular weight is 415 g/mol. The van der Waals surface area contributed by atoms with Crippen LogP contribution in [0.2, 0.25) is 0 Å². The Hall–Kier alpha value is -1.80. The Morgan fingerprint density at radius 3 is 2.50 bits per heavy atom. The lowest BCUT2D eigenvalue weighted by atomic mass is 10.1. The van der Waals surface area contributed by atoms with E-state index in [0.717, 1.165) is 22.2 Å². The first-order valence-corrected chi connectivity index (χ1v) is 8.58. The number of halogens is 4. The van der Waals surface area contributed by atoms with Crippen molar-refractivity contribution >= 4 is 27.7 Å². The first-order valence-electron chi connectivity index (χ1n) is 6.80. The SMILES string of the molecule is FC(F)(F)c1cccc(CSc2nnc(-c3ccc(Br)cc3)o2)c1. The summed E-state index contributed by atoms with van der Waals surface area (Å²) in [6.07, 6.45) is -4.35. The maximum atomic E-state index is 12.7. The van der Waals surface area contributed by atoms with Gasteiger partial charge in [0.2, 0.25) is 5.89 Å². The van der Waals surface area contributed by atoms with E-state index in [1.807, 2.05) is 24.3 Å². The summed E-state index contributed by atoms with van der Waals surface area (Å²) in [4.78, 5) is 0. The van der Waals surface area contributed by atoms with Crippen molar-refractivity contribution in [3.63, 3.8) is 0 Å². The van der Waals surface area contributed by atoms with Gasteiger partial charge in [0.1, 0.15) is 0 Å². The number of thioether (sulfide) groups is 1. The molecule has 3 nitrogen and oxygen atoms in total. The third-order valence-corrected chi connectivity index (χ3v) is 4.53. The molecule has 3 rings (SSSR count). The molecule has 2 aromatic carbocycles. The van der Waals surface area contributed by atoms with Gasteiger partial charge in [-0.25, -0.2) is 0 Å². The van der Waals surface area contributed by atoms with Crippen molar-refractivity contribution in [2.45, 2.75) is 17.2 Å². The minimum atomic E-state index is -4.35. The van der Waals surface area contributed by atoms with Gasteiger partial charge in [-0.3, -0.25) is 0 Å². The summed E-state index contributed by atoms with van der Waals surface area (Å²) in [7, 11) is 0. The zero-order valence-electron chi connectivity index (χ0n) is 12.0. The molecule has 24 heavy (non-hydrogen) atoms. The average Bonchev–Trinajstić information content (AvgIpc) is 3.02. The van der Waals surface area contributed by atoms with Gasteiger partial charge < -0.3 is 4.42 Å². The largest absolute Gasteiger partial charge is 0.416 e. The van der Waals surface area contributed by atoms with Crippen molar-refractivity contribution in [3.8, 4) is 11.5 Å². The fourth-order valence-electron chi connectivity index (χ4n) is 1.96. The first kappa shape index (κ1) is 17.0. The van der Waals surface area contributed by atoms with Gasteiger partial charge in [0.15, 0.2) is 0 Å². The van der Waals surface area contributed by atoms with Gasteiger partial charge in [-0.05, 0) is 35.9 Å². The highest BCUT2D eigenvalue weighted by Crippen LogP contribution is 2.31. The summed E-state index contributed by atoms with van der Waals surface area (Å²) in [6, 6.07) is 12.6. The van der Waals surface area contributed by atoms with E-state index < -0.39 is 11.7 Å². The molecule has 8 heteroatoms. The first-order chi connectivity index (χ1) is 11.4. The van der Waals surface area contributed by atoms with Crippen LogP contribution in [-0.4, -0.2) is 10.2 Å². The highest BCUT2D eigenvalue weighted by Gasteiger charge is 2.30. The molecular weight excluding hydrogens is 405 g/mol. The van der Waals surface area contributed by atoms with Crippen molar-refractivity contribution in [1.29, 1.82) is 0 Å². The molecule has 0 aliphatic carbocycles. The Morgan fingerprint density at radius 1 is 1.04 bits per heavy atom. The van der Waals surface area contributed by atoms with Crippen LogP contribution in [0, 0.1) is 0 Å². The van der Waals surface area contributed by atoms with Crippen LogP contribution in [0.4, 0.5) is 13.2 Å².